The number of aryl methyl sites for hydroxylation is 2. The van der Waals surface area contributed by atoms with E-state index in [-0.39, 0.29) is 11.7 Å². The van der Waals surface area contributed by atoms with Crippen molar-refractivity contribution in [3.05, 3.63) is 64.7 Å². The average molecular weight is 329 g/mol. The molecule has 0 aromatic heterocycles. The zero-order valence-corrected chi connectivity index (χ0v) is 13.8. The van der Waals surface area contributed by atoms with Crippen molar-refractivity contribution in [2.45, 2.75) is 31.2 Å². The first-order valence-corrected chi connectivity index (χ1v) is 9.30. The number of hydrogen-bond acceptors (Lipinski definition) is 3. The van der Waals surface area contributed by atoms with Gasteiger partial charge in [-0.25, -0.2) is 8.42 Å². The standard InChI is InChI=1S/C18H19NO3S/c1-13-4-7-15(8-5-13)18(20)19-12-14-6-9-17-16(11-14)3-2-10-23(17,21)22/h4-9,11H,2-3,10,12H2,1H3,(H,19,20). The molecule has 5 heteroatoms. The van der Waals surface area contributed by atoms with Gasteiger partial charge < -0.3 is 5.32 Å². The molecule has 1 aliphatic heterocycles. The van der Waals surface area contributed by atoms with Crippen molar-refractivity contribution in [3.63, 3.8) is 0 Å². The van der Waals surface area contributed by atoms with E-state index in [0.29, 0.717) is 23.4 Å². The van der Waals surface area contributed by atoms with E-state index in [4.69, 9.17) is 0 Å². The number of sulfone groups is 1. The third-order valence-electron chi connectivity index (χ3n) is 4.09. The normalized spacial score (nSPS) is 15.7. The molecule has 1 heterocycles. The molecule has 1 amide bonds. The summed E-state index contributed by atoms with van der Waals surface area (Å²) < 4.78 is 24.0. The first-order valence-electron chi connectivity index (χ1n) is 7.65. The summed E-state index contributed by atoms with van der Waals surface area (Å²) in [4.78, 5) is 12.6. The molecule has 0 unspecified atom stereocenters. The van der Waals surface area contributed by atoms with Crippen LogP contribution >= 0.6 is 0 Å². The molecule has 0 atom stereocenters. The van der Waals surface area contributed by atoms with Gasteiger partial charge >= 0.3 is 0 Å². The Morgan fingerprint density at radius 1 is 1.13 bits per heavy atom. The molecule has 2 aromatic rings. The van der Waals surface area contributed by atoms with Crippen LogP contribution in [0.5, 0.6) is 0 Å². The molecular weight excluding hydrogens is 310 g/mol. The summed E-state index contributed by atoms with van der Waals surface area (Å²) in [6.07, 6.45) is 1.43. The fourth-order valence-electron chi connectivity index (χ4n) is 2.79. The third-order valence-corrected chi connectivity index (χ3v) is 5.98. The number of carbonyl (C=O) groups is 1. The summed E-state index contributed by atoms with van der Waals surface area (Å²) >= 11 is 0. The molecule has 0 spiro atoms. The minimum absolute atomic E-state index is 0.129. The van der Waals surface area contributed by atoms with Crippen LogP contribution in [0, 0.1) is 6.92 Å². The van der Waals surface area contributed by atoms with Crippen LogP contribution in [0.4, 0.5) is 0 Å². The summed E-state index contributed by atoms with van der Waals surface area (Å²) in [5, 5.41) is 2.87. The van der Waals surface area contributed by atoms with Gasteiger partial charge in [0.05, 0.1) is 10.6 Å². The van der Waals surface area contributed by atoms with Crippen molar-refractivity contribution >= 4 is 15.7 Å². The molecule has 0 fully saturated rings. The van der Waals surface area contributed by atoms with Crippen molar-refractivity contribution in [3.8, 4) is 0 Å². The number of rotatable bonds is 3. The number of carbonyl (C=O) groups excluding carboxylic acids is 1. The highest BCUT2D eigenvalue weighted by molar-refractivity contribution is 7.91. The first kappa shape index (κ1) is 15.7. The summed E-state index contributed by atoms with van der Waals surface area (Å²) in [6, 6.07) is 12.7. The van der Waals surface area contributed by atoms with E-state index in [1.54, 1.807) is 24.3 Å². The van der Waals surface area contributed by atoms with E-state index in [0.717, 1.165) is 23.1 Å². The van der Waals surface area contributed by atoms with Gasteiger partial charge in [-0.2, -0.15) is 0 Å². The van der Waals surface area contributed by atoms with Crippen molar-refractivity contribution in [2.75, 3.05) is 5.75 Å². The van der Waals surface area contributed by atoms with Gasteiger partial charge in [0.25, 0.3) is 5.91 Å². The van der Waals surface area contributed by atoms with Crippen LogP contribution in [0.2, 0.25) is 0 Å². The summed E-state index contributed by atoms with van der Waals surface area (Å²) in [5.41, 5.74) is 3.51. The Hall–Kier alpha value is -2.14. The Balaban J connectivity index is 1.72. The van der Waals surface area contributed by atoms with Crippen molar-refractivity contribution in [1.82, 2.24) is 5.32 Å². The van der Waals surface area contributed by atoms with E-state index < -0.39 is 9.84 Å². The summed E-state index contributed by atoms with van der Waals surface area (Å²) in [5.74, 6) is 0.0964. The summed E-state index contributed by atoms with van der Waals surface area (Å²) in [6.45, 7) is 2.36. The highest BCUT2D eigenvalue weighted by Crippen LogP contribution is 2.25. The zero-order valence-electron chi connectivity index (χ0n) is 13.0. The van der Waals surface area contributed by atoms with Gasteiger partial charge in [-0.05, 0) is 49.1 Å². The number of benzene rings is 2. The van der Waals surface area contributed by atoms with Crippen molar-refractivity contribution < 1.29 is 13.2 Å². The van der Waals surface area contributed by atoms with Gasteiger partial charge in [0.15, 0.2) is 9.84 Å². The molecule has 1 N–H and O–H groups in total. The van der Waals surface area contributed by atoms with E-state index >= 15 is 0 Å². The largest absolute Gasteiger partial charge is 0.348 e. The lowest BCUT2D eigenvalue weighted by molar-refractivity contribution is 0.0951. The van der Waals surface area contributed by atoms with Gasteiger partial charge in [0.1, 0.15) is 0 Å². The maximum absolute atomic E-state index is 12.1. The molecule has 1 aliphatic rings. The topological polar surface area (TPSA) is 63.2 Å². The van der Waals surface area contributed by atoms with Crippen molar-refractivity contribution in [1.29, 1.82) is 0 Å². The fourth-order valence-corrected chi connectivity index (χ4v) is 4.37. The number of nitrogens with one attached hydrogen (secondary N) is 1. The van der Waals surface area contributed by atoms with Crippen LogP contribution < -0.4 is 5.32 Å². The van der Waals surface area contributed by atoms with Crippen LogP contribution in [-0.2, 0) is 22.8 Å². The molecule has 0 bridgehead atoms. The second-order valence-electron chi connectivity index (χ2n) is 5.91. The van der Waals surface area contributed by atoms with Gasteiger partial charge in [0.2, 0.25) is 0 Å². The van der Waals surface area contributed by atoms with Gasteiger partial charge in [-0.1, -0.05) is 29.8 Å². The molecule has 0 radical (unpaired) electrons. The Morgan fingerprint density at radius 3 is 2.61 bits per heavy atom. The van der Waals surface area contributed by atoms with E-state index in [1.807, 2.05) is 25.1 Å². The Kier molecular flexibility index (Phi) is 4.22. The molecule has 23 heavy (non-hydrogen) atoms. The molecule has 120 valence electrons. The van der Waals surface area contributed by atoms with Crippen LogP contribution in [0.15, 0.2) is 47.4 Å². The van der Waals surface area contributed by atoms with Crippen LogP contribution in [0.1, 0.15) is 33.5 Å². The highest BCUT2D eigenvalue weighted by atomic mass is 32.2. The molecule has 3 rings (SSSR count). The van der Waals surface area contributed by atoms with Crippen LogP contribution in [0.3, 0.4) is 0 Å². The van der Waals surface area contributed by atoms with E-state index in [2.05, 4.69) is 5.32 Å². The van der Waals surface area contributed by atoms with Crippen LogP contribution in [-0.4, -0.2) is 20.1 Å². The smallest absolute Gasteiger partial charge is 0.251 e. The number of amides is 1. The third kappa shape index (κ3) is 3.45. The lowest BCUT2D eigenvalue weighted by Gasteiger charge is -2.17. The predicted molar refractivity (Wildman–Crippen MR) is 89.2 cm³/mol. The van der Waals surface area contributed by atoms with Gasteiger partial charge in [-0.15, -0.1) is 0 Å². The number of fused-ring (bicyclic) bond motifs is 1. The minimum atomic E-state index is -3.12. The Morgan fingerprint density at radius 2 is 1.87 bits per heavy atom. The van der Waals surface area contributed by atoms with E-state index in [1.165, 1.54) is 0 Å². The first-order chi connectivity index (χ1) is 11.0. The molecule has 0 aliphatic carbocycles. The SMILES string of the molecule is Cc1ccc(C(=O)NCc2ccc3c(c2)CCCS3(=O)=O)cc1. The Bertz CT molecular complexity index is 839. The minimum Gasteiger partial charge on any atom is -0.348 e. The predicted octanol–water partition coefficient (Wildman–Crippen LogP) is 2.64. The lowest BCUT2D eigenvalue weighted by atomic mass is 10.1. The highest BCUT2D eigenvalue weighted by Gasteiger charge is 2.23. The maximum atomic E-state index is 12.1. The molecular formula is C18H19NO3S. The number of hydrogen-bond donors (Lipinski definition) is 1. The summed E-state index contributed by atoms with van der Waals surface area (Å²) in [7, 11) is -3.12. The zero-order chi connectivity index (χ0) is 16.4. The Labute approximate surface area is 136 Å². The molecule has 2 aromatic carbocycles. The van der Waals surface area contributed by atoms with Crippen molar-refractivity contribution in [2.24, 2.45) is 0 Å². The second-order valence-corrected chi connectivity index (χ2v) is 7.99. The molecule has 0 saturated carbocycles. The van der Waals surface area contributed by atoms with Crippen LogP contribution in [0.25, 0.3) is 0 Å². The maximum Gasteiger partial charge on any atom is 0.251 e. The quantitative estimate of drug-likeness (QED) is 0.941. The van der Waals surface area contributed by atoms with Gasteiger partial charge in [0, 0.05) is 12.1 Å². The average Bonchev–Trinajstić information content (AvgIpc) is 2.53. The monoisotopic (exact) mass is 329 g/mol. The fraction of sp³-hybridized carbons (Fsp3) is 0.278. The lowest BCUT2D eigenvalue weighted by Crippen LogP contribution is -2.23. The van der Waals surface area contributed by atoms with Gasteiger partial charge in [-0.3, -0.25) is 4.79 Å². The second kappa shape index (κ2) is 6.16. The molecule has 4 nitrogen and oxygen atoms in total. The van der Waals surface area contributed by atoms with E-state index in [9.17, 15) is 13.2 Å². The molecule has 0 saturated heterocycles.